The third-order valence-corrected chi connectivity index (χ3v) is 2.10. The summed E-state index contributed by atoms with van der Waals surface area (Å²) in [6.45, 7) is 3.34. The molecular formula is C11H16N2O3. The van der Waals surface area contributed by atoms with Crippen molar-refractivity contribution < 1.29 is 14.6 Å². The van der Waals surface area contributed by atoms with E-state index in [-0.39, 0.29) is 12.5 Å². The minimum absolute atomic E-state index is 0.133. The van der Waals surface area contributed by atoms with Gasteiger partial charge in [0.25, 0.3) is 5.91 Å². The smallest absolute Gasteiger partial charge is 0.255 e. The predicted molar refractivity (Wildman–Crippen MR) is 59.4 cm³/mol. The molecule has 1 aromatic rings. The molecule has 1 amide bonds. The molecule has 1 heterocycles. The molecule has 2 N–H and O–H groups in total. The second kappa shape index (κ2) is 4.94. The van der Waals surface area contributed by atoms with Gasteiger partial charge in [-0.25, -0.2) is 0 Å². The number of aliphatic hydroxyl groups excluding tert-OH is 1. The van der Waals surface area contributed by atoms with Gasteiger partial charge in [-0.3, -0.25) is 9.78 Å². The number of ether oxygens (including phenoxy) is 1. The van der Waals surface area contributed by atoms with Crippen molar-refractivity contribution in [3.63, 3.8) is 0 Å². The summed E-state index contributed by atoms with van der Waals surface area (Å²) >= 11 is 0. The summed E-state index contributed by atoms with van der Waals surface area (Å²) < 4.78 is 5.03. The SMILES string of the molecule is COc1cnccc1C(=O)NC(C)(C)CO. The number of pyridine rings is 1. The molecule has 5 nitrogen and oxygen atoms in total. The second-order valence-corrected chi connectivity index (χ2v) is 4.07. The minimum atomic E-state index is -0.661. The summed E-state index contributed by atoms with van der Waals surface area (Å²) in [5.41, 5.74) is -0.259. The van der Waals surface area contributed by atoms with Gasteiger partial charge in [0.1, 0.15) is 5.75 Å². The fraction of sp³-hybridized carbons (Fsp3) is 0.455. The molecule has 88 valence electrons. The molecule has 0 atom stereocenters. The van der Waals surface area contributed by atoms with Crippen molar-refractivity contribution in [2.75, 3.05) is 13.7 Å². The van der Waals surface area contributed by atoms with Crippen LogP contribution in [0.15, 0.2) is 18.5 Å². The Bertz CT molecular complexity index is 377. The van der Waals surface area contributed by atoms with E-state index >= 15 is 0 Å². The van der Waals surface area contributed by atoms with Gasteiger partial charge in [-0.15, -0.1) is 0 Å². The number of hydrogen-bond donors (Lipinski definition) is 2. The van der Waals surface area contributed by atoms with Crippen LogP contribution in [0.3, 0.4) is 0 Å². The molecule has 1 aromatic heterocycles. The first-order chi connectivity index (χ1) is 7.50. The third kappa shape index (κ3) is 2.93. The van der Waals surface area contributed by atoms with Gasteiger partial charge >= 0.3 is 0 Å². The number of rotatable bonds is 4. The zero-order valence-electron chi connectivity index (χ0n) is 9.65. The van der Waals surface area contributed by atoms with E-state index < -0.39 is 5.54 Å². The van der Waals surface area contributed by atoms with Crippen molar-refractivity contribution in [3.8, 4) is 5.75 Å². The Morgan fingerprint density at radius 1 is 1.62 bits per heavy atom. The number of amides is 1. The number of methoxy groups -OCH3 is 1. The Balaban J connectivity index is 2.88. The molecule has 0 unspecified atom stereocenters. The van der Waals surface area contributed by atoms with Gasteiger partial charge in [-0.05, 0) is 19.9 Å². The van der Waals surface area contributed by atoms with Crippen molar-refractivity contribution >= 4 is 5.91 Å². The standard InChI is InChI=1S/C11H16N2O3/c1-11(2,7-14)13-10(15)8-4-5-12-6-9(8)16-3/h4-6,14H,7H2,1-3H3,(H,13,15). The monoisotopic (exact) mass is 224 g/mol. The van der Waals surface area contributed by atoms with Crippen LogP contribution in [0.2, 0.25) is 0 Å². The largest absolute Gasteiger partial charge is 0.494 e. The van der Waals surface area contributed by atoms with Crippen molar-refractivity contribution in [2.24, 2.45) is 0 Å². The first-order valence-electron chi connectivity index (χ1n) is 4.91. The van der Waals surface area contributed by atoms with Gasteiger partial charge in [0, 0.05) is 6.20 Å². The first kappa shape index (κ1) is 12.4. The molecular weight excluding hydrogens is 208 g/mol. The summed E-state index contributed by atoms with van der Waals surface area (Å²) in [5, 5.41) is 11.8. The van der Waals surface area contributed by atoms with E-state index in [0.29, 0.717) is 11.3 Å². The summed E-state index contributed by atoms with van der Waals surface area (Å²) in [7, 11) is 1.48. The predicted octanol–water partition coefficient (Wildman–Crippen LogP) is 0.591. The van der Waals surface area contributed by atoms with Crippen LogP contribution in [0.1, 0.15) is 24.2 Å². The van der Waals surface area contributed by atoms with Gasteiger partial charge in [-0.2, -0.15) is 0 Å². The summed E-state index contributed by atoms with van der Waals surface area (Å²) in [6, 6.07) is 1.57. The van der Waals surface area contributed by atoms with E-state index in [9.17, 15) is 4.79 Å². The molecule has 0 aromatic carbocycles. The first-order valence-corrected chi connectivity index (χ1v) is 4.91. The number of hydrogen-bond acceptors (Lipinski definition) is 4. The van der Waals surface area contributed by atoms with Gasteiger partial charge < -0.3 is 15.2 Å². The van der Waals surface area contributed by atoms with Crippen LogP contribution in [-0.4, -0.2) is 35.3 Å². The molecule has 0 radical (unpaired) electrons. The fourth-order valence-corrected chi connectivity index (χ4v) is 1.14. The molecule has 0 saturated heterocycles. The van der Waals surface area contributed by atoms with Gasteiger partial charge in [0.05, 0.1) is 31.0 Å². The number of carbonyl (C=O) groups is 1. The van der Waals surface area contributed by atoms with Crippen molar-refractivity contribution in [1.29, 1.82) is 0 Å². The molecule has 0 aliphatic heterocycles. The highest BCUT2D eigenvalue weighted by Crippen LogP contribution is 2.16. The van der Waals surface area contributed by atoms with Gasteiger partial charge in [-0.1, -0.05) is 0 Å². The number of aromatic nitrogens is 1. The minimum Gasteiger partial charge on any atom is -0.494 e. The molecule has 0 fully saturated rings. The lowest BCUT2D eigenvalue weighted by Gasteiger charge is -2.23. The molecule has 0 spiro atoms. The maximum absolute atomic E-state index is 11.9. The third-order valence-electron chi connectivity index (χ3n) is 2.10. The van der Waals surface area contributed by atoms with E-state index in [1.54, 1.807) is 19.9 Å². The molecule has 5 heteroatoms. The number of aliphatic hydroxyl groups is 1. The number of carbonyl (C=O) groups excluding carboxylic acids is 1. The Kier molecular flexibility index (Phi) is 3.84. The van der Waals surface area contributed by atoms with Gasteiger partial charge in [0.15, 0.2) is 0 Å². The quantitative estimate of drug-likeness (QED) is 0.785. The number of nitrogens with one attached hydrogen (secondary N) is 1. The molecule has 0 aliphatic carbocycles. The Labute approximate surface area is 94.5 Å². The lowest BCUT2D eigenvalue weighted by atomic mass is 10.1. The van der Waals surface area contributed by atoms with Gasteiger partial charge in [0.2, 0.25) is 0 Å². The van der Waals surface area contributed by atoms with Crippen molar-refractivity contribution in [2.45, 2.75) is 19.4 Å². The summed E-state index contributed by atoms with van der Waals surface area (Å²) in [5.74, 6) is 0.118. The number of nitrogens with zero attached hydrogens (tertiary/aromatic N) is 1. The van der Waals surface area contributed by atoms with Crippen LogP contribution >= 0.6 is 0 Å². The summed E-state index contributed by atoms with van der Waals surface area (Å²) in [6.07, 6.45) is 2.99. The maximum Gasteiger partial charge on any atom is 0.255 e. The van der Waals surface area contributed by atoms with Crippen LogP contribution in [0.5, 0.6) is 5.75 Å². The van der Waals surface area contributed by atoms with Crippen LogP contribution < -0.4 is 10.1 Å². The highest BCUT2D eigenvalue weighted by molar-refractivity contribution is 5.97. The van der Waals surface area contributed by atoms with Crippen LogP contribution in [-0.2, 0) is 0 Å². The Hall–Kier alpha value is -1.62. The Morgan fingerprint density at radius 2 is 2.31 bits per heavy atom. The average molecular weight is 224 g/mol. The second-order valence-electron chi connectivity index (χ2n) is 4.07. The van der Waals surface area contributed by atoms with E-state index in [2.05, 4.69) is 10.3 Å². The normalized spacial score (nSPS) is 11.0. The molecule has 0 aliphatic rings. The van der Waals surface area contributed by atoms with Crippen molar-refractivity contribution in [3.05, 3.63) is 24.0 Å². The molecule has 1 rings (SSSR count). The lowest BCUT2D eigenvalue weighted by molar-refractivity contribution is 0.0866. The zero-order valence-corrected chi connectivity index (χ0v) is 9.65. The zero-order chi connectivity index (χ0) is 12.2. The average Bonchev–Trinajstić information content (AvgIpc) is 2.28. The Morgan fingerprint density at radius 3 is 2.88 bits per heavy atom. The van der Waals surface area contributed by atoms with E-state index in [1.807, 2.05) is 0 Å². The topological polar surface area (TPSA) is 71.5 Å². The molecule has 0 saturated carbocycles. The van der Waals surface area contributed by atoms with E-state index in [4.69, 9.17) is 9.84 Å². The summed E-state index contributed by atoms with van der Waals surface area (Å²) in [4.78, 5) is 15.7. The fourth-order valence-electron chi connectivity index (χ4n) is 1.14. The maximum atomic E-state index is 11.9. The highest BCUT2D eigenvalue weighted by Gasteiger charge is 2.21. The van der Waals surface area contributed by atoms with E-state index in [1.165, 1.54) is 19.5 Å². The van der Waals surface area contributed by atoms with Crippen molar-refractivity contribution in [1.82, 2.24) is 10.3 Å². The van der Waals surface area contributed by atoms with Crippen LogP contribution in [0.25, 0.3) is 0 Å². The molecule has 16 heavy (non-hydrogen) atoms. The lowest BCUT2D eigenvalue weighted by Crippen LogP contribution is -2.46. The van der Waals surface area contributed by atoms with Crippen LogP contribution in [0, 0.1) is 0 Å². The van der Waals surface area contributed by atoms with Crippen LogP contribution in [0.4, 0.5) is 0 Å². The van der Waals surface area contributed by atoms with E-state index in [0.717, 1.165) is 0 Å². The molecule has 0 bridgehead atoms. The highest BCUT2D eigenvalue weighted by atomic mass is 16.5.